The third-order valence-electron chi connectivity index (χ3n) is 2.11. The standard InChI is InChI=1S/C10H17NO2/c1-7(2)4-5-10-11-9(6-13-10)8(3)12/h7,9H,4-6H2,1-3H3. The number of ketones is 1. The molecule has 0 fully saturated rings. The second kappa shape index (κ2) is 4.40. The fraction of sp³-hybridized carbons (Fsp3) is 0.800. The maximum Gasteiger partial charge on any atom is 0.184 e. The van der Waals surface area contributed by atoms with E-state index in [1.54, 1.807) is 6.92 Å². The van der Waals surface area contributed by atoms with Gasteiger partial charge >= 0.3 is 0 Å². The van der Waals surface area contributed by atoms with Crippen molar-refractivity contribution in [1.82, 2.24) is 0 Å². The molecule has 0 aliphatic carbocycles. The molecule has 3 nitrogen and oxygen atoms in total. The van der Waals surface area contributed by atoms with Crippen LogP contribution in [0.5, 0.6) is 0 Å². The van der Waals surface area contributed by atoms with Crippen molar-refractivity contribution < 1.29 is 9.53 Å². The van der Waals surface area contributed by atoms with Gasteiger partial charge in [-0.3, -0.25) is 4.79 Å². The van der Waals surface area contributed by atoms with Crippen molar-refractivity contribution in [2.75, 3.05) is 6.61 Å². The molecule has 74 valence electrons. The Hall–Kier alpha value is -0.860. The highest BCUT2D eigenvalue weighted by atomic mass is 16.5. The molecular weight excluding hydrogens is 166 g/mol. The Morgan fingerprint density at radius 2 is 2.38 bits per heavy atom. The number of carbonyl (C=O) groups is 1. The summed E-state index contributed by atoms with van der Waals surface area (Å²) in [5.41, 5.74) is 0. The van der Waals surface area contributed by atoms with E-state index in [0.717, 1.165) is 18.7 Å². The van der Waals surface area contributed by atoms with Gasteiger partial charge in [0, 0.05) is 6.42 Å². The molecule has 0 N–H and O–H groups in total. The average Bonchev–Trinajstić information content (AvgIpc) is 2.48. The third-order valence-corrected chi connectivity index (χ3v) is 2.11. The minimum absolute atomic E-state index is 0.0968. The zero-order valence-electron chi connectivity index (χ0n) is 8.54. The van der Waals surface area contributed by atoms with Crippen molar-refractivity contribution in [3.63, 3.8) is 0 Å². The lowest BCUT2D eigenvalue weighted by molar-refractivity contribution is -0.118. The van der Waals surface area contributed by atoms with Crippen LogP contribution in [0, 0.1) is 5.92 Å². The van der Waals surface area contributed by atoms with Crippen molar-refractivity contribution in [3.8, 4) is 0 Å². The van der Waals surface area contributed by atoms with E-state index in [2.05, 4.69) is 18.8 Å². The first-order valence-electron chi connectivity index (χ1n) is 4.79. The molecule has 0 aromatic rings. The molecule has 1 heterocycles. The highest BCUT2D eigenvalue weighted by Crippen LogP contribution is 2.12. The molecule has 3 heteroatoms. The summed E-state index contributed by atoms with van der Waals surface area (Å²) >= 11 is 0. The molecule has 13 heavy (non-hydrogen) atoms. The molecule has 1 aliphatic heterocycles. The van der Waals surface area contributed by atoms with Crippen LogP contribution in [0.1, 0.15) is 33.6 Å². The third kappa shape index (κ3) is 3.17. The van der Waals surface area contributed by atoms with Crippen LogP contribution in [-0.4, -0.2) is 24.3 Å². The van der Waals surface area contributed by atoms with Crippen LogP contribution in [0.4, 0.5) is 0 Å². The van der Waals surface area contributed by atoms with Crippen LogP contribution in [-0.2, 0) is 9.53 Å². The smallest absolute Gasteiger partial charge is 0.184 e. The molecule has 0 aromatic heterocycles. The van der Waals surface area contributed by atoms with Gasteiger partial charge in [0.25, 0.3) is 0 Å². The summed E-state index contributed by atoms with van der Waals surface area (Å²) < 4.78 is 5.31. The van der Waals surface area contributed by atoms with Crippen LogP contribution in [0.25, 0.3) is 0 Å². The predicted octanol–water partition coefficient (Wildman–Crippen LogP) is 1.81. The summed E-state index contributed by atoms with van der Waals surface area (Å²) in [6.45, 7) is 6.33. The largest absolute Gasteiger partial charge is 0.478 e. The number of Topliss-reactive ketones (excluding diaryl/α,β-unsaturated/α-hetero) is 1. The van der Waals surface area contributed by atoms with E-state index < -0.39 is 0 Å². The monoisotopic (exact) mass is 183 g/mol. The molecule has 0 saturated carbocycles. The van der Waals surface area contributed by atoms with Gasteiger partial charge in [-0.1, -0.05) is 13.8 Å². The van der Waals surface area contributed by atoms with Crippen molar-refractivity contribution in [2.24, 2.45) is 10.9 Å². The molecule has 0 aromatic carbocycles. The number of nitrogens with zero attached hydrogens (tertiary/aromatic N) is 1. The van der Waals surface area contributed by atoms with E-state index in [1.165, 1.54) is 0 Å². The molecular formula is C10H17NO2. The van der Waals surface area contributed by atoms with Crippen LogP contribution in [0.15, 0.2) is 4.99 Å². The van der Waals surface area contributed by atoms with E-state index in [4.69, 9.17) is 4.74 Å². The van der Waals surface area contributed by atoms with Gasteiger partial charge in [0.05, 0.1) is 0 Å². The van der Waals surface area contributed by atoms with Crippen molar-refractivity contribution in [2.45, 2.75) is 39.7 Å². The normalized spacial score (nSPS) is 21.5. The van der Waals surface area contributed by atoms with Crippen molar-refractivity contribution in [3.05, 3.63) is 0 Å². The van der Waals surface area contributed by atoms with Gasteiger partial charge in [0.15, 0.2) is 11.7 Å². The molecule has 0 bridgehead atoms. The van der Waals surface area contributed by atoms with E-state index in [0.29, 0.717) is 12.5 Å². The first kappa shape index (κ1) is 10.2. The molecule has 0 radical (unpaired) electrons. The molecule has 0 saturated heterocycles. The SMILES string of the molecule is CC(=O)C1COC(CCC(C)C)=N1. The predicted molar refractivity (Wildman–Crippen MR) is 51.9 cm³/mol. The van der Waals surface area contributed by atoms with Gasteiger partial charge in [-0.15, -0.1) is 0 Å². The van der Waals surface area contributed by atoms with Gasteiger partial charge in [-0.25, -0.2) is 4.99 Å². The Bertz CT molecular complexity index is 221. The lowest BCUT2D eigenvalue weighted by Crippen LogP contribution is -2.15. The minimum atomic E-state index is -0.234. The van der Waals surface area contributed by atoms with Gasteiger partial charge in [-0.2, -0.15) is 0 Å². The zero-order chi connectivity index (χ0) is 9.84. The highest BCUT2D eigenvalue weighted by Gasteiger charge is 2.22. The average molecular weight is 183 g/mol. The van der Waals surface area contributed by atoms with Crippen LogP contribution in [0.3, 0.4) is 0 Å². The summed E-state index contributed by atoms with van der Waals surface area (Å²) in [6, 6.07) is -0.234. The highest BCUT2D eigenvalue weighted by molar-refractivity contribution is 5.88. The summed E-state index contributed by atoms with van der Waals surface area (Å²) in [7, 11) is 0. The maximum atomic E-state index is 10.9. The second-order valence-corrected chi connectivity index (χ2v) is 3.89. The first-order chi connectivity index (χ1) is 6.09. The van der Waals surface area contributed by atoms with Crippen LogP contribution < -0.4 is 0 Å². The second-order valence-electron chi connectivity index (χ2n) is 3.89. The Morgan fingerprint density at radius 3 is 2.85 bits per heavy atom. The summed E-state index contributed by atoms with van der Waals surface area (Å²) in [4.78, 5) is 15.1. The van der Waals surface area contributed by atoms with Crippen molar-refractivity contribution >= 4 is 11.7 Å². The lowest BCUT2D eigenvalue weighted by atomic mass is 10.1. The Labute approximate surface area is 79.2 Å². The summed E-state index contributed by atoms with van der Waals surface area (Å²) in [5, 5.41) is 0. The molecule has 0 spiro atoms. The Morgan fingerprint density at radius 1 is 1.69 bits per heavy atom. The van der Waals surface area contributed by atoms with Gasteiger partial charge in [0.2, 0.25) is 0 Å². The molecule has 0 amide bonds. The Kier molecular flexibility index (Phi) is 3.46. The van der Waals surface area contributed by atoms with Crippen LogP contribution >= 0.6 is 0 Å². The summed E-state index contributed by atoms with van der Waals surface area (Å²) in [5.74, 6) is 1.51. The molecule has 1 rings (SSSR count). The number of carbonyl (C=O) groups excluding carboxylic acids is 1. The van der Waals surface area contributed by atoms with E-state index >= 15 is 0 Å². The topological polar surface area (TPSA) is 38.7 Å². The fourth-order valence-corrected chi connectivity index (χ4v) is 1.18. The lowest BCUT2D eigenvalue weighted by Gasteiger charge is -2.03. The number of ether oxygens (including phenoxy) is 1. The number of aliphatic imine (C=N–C) groups is 1. The molecule has 1 unspecified atom stereocenters. The summed E-state index contributed by atoms with van der Waals surface area (Å²) in [6.07, 6.45) is 1.94. The van der Waals surface area contributed by atoms with E-state index in [9.17, 15) is 4.79 Å². The van der Waals surface area contributed by atoms with E-state index in [-0.39, 0.29) is 11.8 Å². The quantitative estimate of drug-likeness (QED) is 0.666. The minimum Gasteiger partial charge on any atom is -0.478 e. The number of rotatable bonds is 4. The van der Waals surface area contributed by atoms with Gasteiger partial charge in [-0.05, 0) is 19.3 Å². The number of hydrogen-bond acceptors (Lipinski definition) is 3. The zero-order valence-corrected chi connectivity index (χ0v) is 8.54. The fourth-order valence-electron chi connectivity index (χ4n) is 1.18. The molecule has 1 atom stereocenters. The van der Waals surface area contributed by atoms with Gasteiger partial charge in [0.1, 0.15) is 12.6 Å². The van der Waals surface area contributed by atoms with Crippen LogP contribution in [0.2, 0.25) is 0 Å². The Balaban J connectivity index is 2.36. The van der Waals surface area contributed by atoms with Gasteiger partial charge < -0.3 is 4.74 Å². The maximum absolute atomic E-state index is 10.9. The molecule has 1 aliphatic rings. The van der Waals surface area contributed by atoms with Crippen molar-refractivity contribution in [1.29, 1.82) is 0 Å². The number of hydrogen-bond donors (Lipinski definition) is 0. The van der Waals surface area contributed by atoms with E-state index in [1.807, 2.05) is 0 Å². The first-order valence-corrected chi connectivity index (χ1v) is 4.79.